The van der Waals surface area contributed by atoms with Crippen molar-refractivity contribution >= 4 is 8.56 Å². The van der Waals surface area contributed by atoms with Gasteiger partial charge in [0.25, 0.3) is 0 Å². The number of rotatable bonds is 10. The van der Waals surface area contributed by atoms with Crippen LogP contribution in [-0.4, -0.2) is 22.3 Å². The lowest BCUT2D eigenvalue weighted by Crippen LogP contribution is -2.45. The first-order chi connectivity index (χ1) is 8.79. The molecule has 0 amide bonds. The zero-order valence-electron chi connectivity index (χ0n) is 12.4. The summed E-state index contributed by atoms with van der Waals surface area (Å²) in [5.74, 6) is 0. The molecule has 0 aliphatic heterocycles. The van der Waals surface area contributed by atoms with Crippen LogP contribution >= 0.6 is 0 Å². The minimum Gasteiger partial charge on any atom is -0.397 e. The van der Waals surface area contributed by atoms with E-state index in [1.807, 2.05) is 7.11 Å². The van der Waals surface area contributed by atoms with Gasteiger partial charge >= 0.3 is 8.56 Å². The highest BCUT2D eigenvalue weighted by molar-refractivity contribution is 6.69. The van der Waals surface area contributed by atoms with E-state index < -0.39 is 8.56 Å². The van der Waals surface area contributed by atoms with Crippen molar-refractivity contribution in [2.24, 2.45) is 0 Å². The summed E-state index contributed by atoms with van der Waals surface area (Å²) in [7, 11) is -0.0949. The van der Waals surface area contributed by atoms with Crippen LogP contribution in [0, 0.1) is 0 Å². The van der Waals surface area contributed by atoms with E-state index in [1.54, 1.807) is 0 Å². The van der Waals surface area contributed by atoms with E-state index in [0.29, 0.717) is 5.54 Å². The predicted molar refractivity (Wildman–Crippen MR) is 80.1 cm³/mol. The van der Waals surface area contributed by atoms with Gasteiger partial charge in [0.2, 0.25) is 0 Å². The molecular weight excluding hydrogens is 240 g/mol. The molecule has 0 aromatic rings. The smallest absolute Gasteiger partial charge is 0.341 e. The van der Waals surface area contributed by atoms with E-state index in [-0.39, 0.29) is 0 Å². The molecule has 0 bridgehead atoms. The van der Waals surface area contributed by atoms with Crippen molar-refractivity contribution in [2.75, 3.05) is 13.7 Å². The molecule has 1 aliphatic carbocycles. The Balaban J connectivity index is 2.52. The average Bonchev–Trinajstić information content (AvgIpc) is 2.93. The van der Waals surface area contributed by atoms with Crippen molar-refractivity contribution in [3.05, 3.63) is 12.2 Å². The quantitative estimate of drug-likeness (QED) is 0.322. The molecule has 1 rings (SSSR count). The fraction of sp³-hybridized carbons (Fsp3) is 0.867. The monoisotopic (exact) mass is 270 g/mol. The Morgan fingerprint density at radius 2 is 1.72 bits per heavy atom. The lowest BCUT2D eigenvalue weighted by atomic mass is 10.3. The Kier molecular flexibility index (Phi) is 7.87. The minimum absolute atomic E-state index is 0.649. The van der Waals surface area contributed by atoms with Crippen LogP contribution in [0.3, 0.4) is 0 Å². The van der Waals surface area contributed by atoms with Crippen LogP contribution in [0.1, 0.15) is 58.8 Å². The first-order valence-electron chi connectivity index (χ1n) is 7.63. The molecule has 2 nitrogen and oxygen atoms in total. The maximum absolute atomic E-state index is 6.34. The Morgan fingerprint density at radius 3 is 2.28 bits per heavy atom. The maximum atomic E-state index is 6.34. The van der Waals surface area contributed by atoms with E-state index in [2.05, 4.69) is 26.0 Å². The van der Waals surface area contributed by atoms with Gasteiger partial charge in [0, 0.05) is 19.3 Å². The van der Waals surface area contributed by atoms with Gasteiger partial charge < -0.3 is 8.85 Å². The Bertz CT molecular complexity index is 235. The molecule has 106 valence electrons. The third-order valence-electron chi connectivity index (χ3n) is 3.95. The van der Waals surface area contributed by atoms with E-state index in [0.717, 1.165) is 19.4 Å². The average molecular weight is 270 g/mol. The van der Waals surface area contributed by atoms with Gasteiger partial charge in [0.05, 0.1) is 0 Å². The molecule has 1 atom stereocenters. The molecule has 0 spiro atoms. The van der Waals surface area contributed by atoms with Gasteiger partial charge in [-0.15, -0.1) is 0 Å². The van der Waals surface area contributed by atoms with Crippen LogP contribution in [0.5, 0.6) is 0 Å². The summed E-state index contributed by atoms with van der Waals surface area (Å²) in [6.45, 7) is 5.38. The molecule has 0 saturated heterocycles. The summed E-state index contributed by atoms with van der Waals surface area (Å²) in [6.07, 6.45) is 13.1. The topological polar surface area (TPSA) is 18.5 Å². The van der Waals surface area contributed by atoms with E-state index in [9.17, 15) is 0 Å². The van der Waals surface area contributed by atoms with Crippen molar-refractivity contribution in [2.45, 2.75) is 70.4 Å². The summed E-state index contributed by atoms with van der Waals surface area (Å²) >= 11 is 0. The minimum atomic E-state index is -1.97. The van der Waals surface area contributed by atoms with E-state index in [4.69, 9.17) is 8.85 Å². The Labute approximate surface area is 114 Å². The second-order valence-corrected chi connectivity index (χ2v) is 8.95. The zero-order chi connectivity index (χ0) is 13.3. The number of unbranched alkanes of at least 4 members (excludes halogenated alkanes) is 3. The SMILES string of the molecule is CCCCCO[Si](CCCC)(OC)C1CC=CC1. The fourth-order valence-electron chi connectivity index (χ4n) is 2.72. The molecule has 0 N–H and O–H groups in total. The fourth-order valence-corrected chi connectivity index (χ4v) is 6.49. The number of hydrogen-bond donors (Lipinski definition) is 0. The molecule has 0 fully saturated rings. The van der Waals surface area contributed by atoms with Crippen LogP contribution in [0.15, 0.2) is 12.2 Å². The number of allylic oxidation sites excluding steroid dienone is 2. The second-order valence-electron chi connectivity index (χ2n) is 5.31. The second kappa shape index (κ2) is 8.89. The van der Waals surface area contributed by atoms with Gasteiger partial charge in [-0.3, -0.25) is 0 Å². The van der Waals surface area contributed by atoms with E-state index in [1.165, 1.54) is 38.1 Å². The first-order valence-corrected chi connectivity index (χ1v) is 9.73. The molecule has 0 aromatic heterocycles. The van der Waals surface area contributed by atoms with Crippen molar-refractivity contribution in [3.8, 4) is 0 Å². The largest absolute Gasteiger partial charge is 0.397 e. The van der Waals surface area contributed by atoms with Crippen molar-refractivity contribution in [3.63, 3.8) is 0 Å². The first kappa shape index (κ1) is 15.9. The molecule has 0 radical (unpaired) electrons. The molecule has 18 heavy (non-hydrogen) atoms. The summed E-state index contributed by atoms with van der Waals surface area (Å²) in [4.78, 5) is 0. The van der Waals surface area contributed by atoms with Crippen molar-refractivity contribution < 1.29 is 8.85 Å². The highest BCUT2D eigenvalue weighted by Gasteiger charge is 2.44. The maximum Gasteiger partial charge on any atom is 0.341 e. The normalized spacial score (nSPS) is 19.3. The van der Waals surface area contributed by atoms with Gasteiger partial charge in [-0.2, -0.15) is 0 Å². The van der Waals surface area contributed by atoms with Gasteiger partial charge in [-0.05, 0) is 25.3 Å². The third kappa shape index (κ3) is 4.52. The summed E-state index contributed by atoms with van der Waals surface area (Å²) < 4.78 is 12.3. The van der Waals surface area contributed by atoms with Crippen LogP contribution < -0.4 is 0 Å². The highest BCUT2D eigenvalue weighted by atomic mass is 28.4. The molecule has 1 aliphatic rings. The zero-order valence-corrected chi connectivity index (χ0v) is 13.4. The highest BCUT2D eigenvalue weighted by Crippen LogP contribution is 2.39. The summed E-state index contributed by atoms with van der Waals surface area (Å²) in [6, 6.07) is 1.17. The van der Waals surface area contributed by atoms with Gasteiger partial charge in [0.1, 0.15) is 0 Å². The van der Waals surface area contributed by atoms with Gasteiger partial charge in [-0.1, -0.05) is 51.7 Å². The Morgan fingerprint density at radius 1 is 1.06 bits per heavy atom. The molecule has 0 saturated carbocycles. The summed E-state index contributed by atoms with van der Waals surface area (Å²) in [5.41, 5.74) is 0.649. The number of hydrogen-bond acceptors (Lipinski definition) is 2. The predicted octanol–water partition coefficient (Wildman–Crippen LogP) is 4.80. The van der Waals surface area contributed by atoms with Gasteiger partial charge in [0.15, 0.2) is 0 Å². The molecule has 0 aromatic carbocycles. The summed E-state index contributed by atoms with van der Waals surface area (Å²) in [5, 5.41) is 0. The van der Waals surface area contributed by atoms with Crippen LogP contribution in [0.2, 0.25) is 11.6 Å². The molecule has 3 heteroatoms. The van der Waals surface area contributed by atoms with Crippen LogP contribution in [0.4, 0.5) is 0 Å². The van der Waals surface area contributed by atoms with Crippen LogP contribution in [-0.2, 0) is 8.85 Å². The Hall–Kier alpha value is -0.123. The molecular formula is C15H30O2Si. The lowest BCUT2D eigenvalue weighted by Gasteiger charge is -2.34. The van der Waals surface area contributed by atoms with Gasteiger partial charge in [-0.25, -0.2) is 0 Å². The third-order valence-corrected chi connectivity index (χ3v) is 8.10. The van der Waals surface area contributed by atoms with Crippen LogP contribution in [0.25, 0.3) is 0 Å². The van der Waals surface area contributed by atoms with E-state index >= 15 is 0 Å². The van der Waals surface area contributed by atoms with Crippen molar-refractivity contribution in [1.29, 1.82) is 0 Å². The molecule has 0 heterocycles. The van der Waals surface area contributed by atoms with Crippen molar-refractivity contribution in [1.82, 2.24) is 0 Å². The lowest BCUT2D eigenvalue weighted by molar-refractivity contribution is 0.182. The standard InChI is InChI=1S/C15H30O2Si/c1-4-6-10-13-17-18(16-3,14-7-5-2)15-11-8-9-12-15/h8-9,15H,4-7,10-14H2,1-3H3. The molecule has 1 unspecified atom stereocenters.